The minimum atomic E-state index is -4.72. The molecule has 1 aliphatic carbocycles. The molecule has 0 bridgehead atoms. The molecular formula is C28H36ClF6K2NO9S2. The maximum Gasteiger partial charge on any atom is 1.00 e. The molecule has 10 nitrogen and oxygen atoms in total. The van der Waals surface area contributed by atoms with Gasteiger partial charge in [0.1, 0.15) is 0 Å². The van der Waals surface area contributed by atoms with Crippen LogP contribution in [0, 0.1) is 5.92 Å². The van der Waals surface area contributed by atoms with E-state index in [-0.39, 0.29) is 117 Å². The van der Waals surface area contributed by atoms with E-state index in [1.165, 1.54) is 31.0 Å². The Morgan fingerprint density at radius 1 is 0.816 bits per heavy atom. The molecule has 21 heteroatoms. The number of sulfone groups is 1. The summed E-state index contributed by atoms with van der Waals surface area (Å²) in [7, 11) is -3.64. The minimum Gasteiger partial charge on any atom is -1.00 e. The molecule has 2 aliphatic rings. The molecule has 49 heavy (non-hydrogen) atoms. The quantitative estimate of drug-likeness (QED) is 0.0767. The van der Waals surface area contributed by atoms with Gasteiger partial charge in [-0.15, -0.1) is 0 Å². The first-order chi connectivity index (χ1) is 21.9. The number of hydrogen-bond donors (Lipinski definition) is 3. The Hall–Kier alpha value is 0.793. The van der Waals surface area contributed by atoms with E-state index in [0.29, 0.717) is 38.0 Å². The fourth-order valence-corrected chi connectivity index (χ4v) is 8.28. The monoisotopic (exact) mass is 821 g/mol. The van der Waals surface area contributed by atoms with E-state index >= 15 is 0 Å². The molecule has 0 radical (unpaired) electrons. The van der Waals surface area contributed by atoms with Crippen LogP contribution in [0.1, 0.15) is 57.5 Å². The van der Waals surface area contributed by atoms with Gasteiger partial charge in [-0.1, -0.05) is 43.5 Å². The average molecular weight is 822 g/mol. The SMILES string of the molecule is O=CO[O-].O=S(=O)(Cl)c1ccccc1C(F)(F)F.O=S(=O)(c1ccccc1C(F)(F)F)C1CCCCC1CO.OCC1CCCCN1.[H-].[K+].[K+]. The fourth-order valence-electron chi connectivity index (χ4n) is 4.90. The molecule has 1 saturated carbocycles. The van der Waals surface area contributed by atoms with Gasteiger partial charge in [-0.05, 0) is 62.4 Å². The molecule has 0 amide bonds. The molecule has 1 heterocycles. The van der Waals surface area contributed by atoms with E-state index < -0.39 is 63.3 Å². The third-order valence-electron chi connectivity index (χ3n) is 7.10. The van der Waals surface area contributed by atoms with Crippen molar-refractivity contribution >= 4 is 36.0 Å². The summed E-state index contributed by atoms with van der Waals surface area (Å²) in [5.41, 5.74) is -2.39. The number of alkyl halides is 6. The number of aliphatic hydroxyl groups is 2. The number of halogens is 7. The second-order valence-electron chi connectivity index (χ2n) is 10.3. The van der Waals surface area contributed by atoms with Crippen molar-refractivity contribution in [3.05, 3.63) is 59.7 Å². The summed E-state index contributed by atoms with van der Waals surface area (Å²) in [6.07, 6.45) is -3.49. The number of carbonyl (C=O) groups excluding carboxylic acids is 1. The van der Waals surface area contributed by atoms with Crippen molar-refractivity contribution in [1.82, 2.24) is 5.32 Å². The number of benzene rings is 2. The van der Waals surface area contributed by atoms with E-state index in [4.69, 9.17) is 25.8 Å². The van der Waals surface area contributed by atoms with Gasteiger partial charge < -0.3 is 27.1 Å². The number of nitrogens with one attached hydrogen (secondary N) is 1. The van der Waals surface area contributed by atoms with Crippen molar-refractivity contribution < 1.29 is 173 Å². The van der Waals surface area contributed by atoms with Crippen LogP contribution in [0.4, 0.5) is 26.3 Å². The average Bonchev–Trinajstić information content (AvgIpc) is 3.04. The van der Waals surface area contributed by atoms with Gasteiger partial charge in [0.2, 0.25) is 0 Å². The van der Waals surface area contributed by atoms with Crippen molar-refractivity contribution in [2.24, 2.45) is 5.92 Å². The van der Waals surface area contributed by atoms with Gasteiger partial charge in [-0.2, -0.15) is 26.3 Å². The number of carbonyl (C=O) groups is 1. The minimum absolute atomic E-state index is 0. The maximum absolute atomic E-state index is 13.0. The molecule has 2 fully saturated rings. The van der Waals surface area contributed by atoms with Crippen LogP contribution in [0.3, 0.4) is 0 Å². The van der Waals surface area contributed by atoms with Crippen LogP contribution in [0.5, 0.6) is 0 Å². The predicted molar refractivity (Wildman–Crippen MR) is 157 cm³/mol. The topological polar surface area (TPSA) is 170 Å². The smallest absolute Gasteiger partial charge is 1.00 e. The van der Waals surface area contributed by atoms with E-state index in [1.54, 1.807) is 0 Å². The summed E-state index contributed by atoms with van der Waals surface area (Å²) in [6, 6.07) is 8.37. The summed E-state index contributed by atoms with van der Waals surface area (Å²) >= 11 is 0. The van der Waals surface area contributed by atoms with Crippen LogP contribution < -0.4 is 113 Å². The molecular weight excluding hydrogens is 786 g/mol. The Labute approximate surface area is 372 Å². The van der Waals surface area contributed by atoms with Crippen molar-refractivity contribution in [1.29, 1.82) is 0 Å². The largest absolute Gasteiger partial charge is 1.00 e. The summed E-state index contributed by atoms with van der Waals surface area (Å²) < 4.78 is 123. The van der Waals surface area contributed by atoms with Gasteiger partial charge in [0.15, 0.2) is 9.84 Å². The van der Waals surface area contributed by atoms with Crippen molar-refractivity contribution in [2.75, 3.05) is 19.8 Å². The van der Waals surface area contributed by atoms with Crippen molar-refractivity contribution in [3.63, 3.8) is 0 Å². The first kappa shape index (κ1) is 51.9. The van der Waals surface area contributed by atoms with Crippen LogP contribution >= 0.6 is 10.7 Å². The molecule has 4 rings (SSSR count). The maximum atomic E-state index is 13.0. The Balaban J connectivity index is -0.000000660. The zero-order valence-corrected chi connectivity index (χ0v) is 35.3. The molecule has 2 aromatic carbocycles. The second-order valence-corrected chi connectivity index (χ2v) is 14.9. The number of aliphatic hydroxyl groups excluding tert-OH is 2. The normalized spacial score (nSPS) is 19.3. The zero-order valence-electron chi connectivity index (χ0n) is 27.7. The Morgan fingerprint density at radius 3 is 1.63 bits per heavy atom. The van der Waals surface area contributed by atoms with Gasteiger partial charge in [-0.25, -0.2) is 16.8 Å². The first-order valence-corrected chi connectivity index (χ1v) is 17.9. The van der Waals surface area contributed by atoms with E-state index in [9.17, 15) is 48.3 Å². The third-order valence-corrected chi connectivity index (χ3v) is 10.9. The van der Waals surface area contributed by atoms with Gasteiger partial charge in [0.25, 0.3) is 15.5 Å². The van der Waals surface area contributed by atoms with Crippen molar-refractivity contribution in [2.45, 2.75) is 78.4 Å². The van der Waals surface area contributed by atoms with Gasteiger partial charge in [0, 0.05) is 23.3 Å². The number of piperidine rings is 1. The third kappa shape index (κ3) is 18.1. The molecule has 0 spiro atoms. The van der Waals surface area contributed by atoms with Gasteiger partial charge >= 0.3 is 115 Å². The van der Waals surface area contributed by atoms with E-state index in [1.807, 2.05) is 0 Å². The van der Waals surface area contributed by atoms with Crippen LogP contribution in [-0.4, -0.2) is 64.6 Å². The summed E-state index contributed by atoms with van der Waals surface area (Å²) in [4.78, 5) is 9.65. The molecule has 3 unspecified atom stereocenters. The molecule has 3 atom stereocenters. The van der Waals surface area contributed by atoms with Crippen LogP contribution in [0.15, 0.2) is 58.3 Å². The van der Waals surface area contributed by atoms with Gasteiger partial charge in [-0.3, -0.25) is 4.79 Å². The summed E-state index contributed by atoms with van der Waals surface area (Å²) in [5.74, 6) is -0.495. The first-order valence-electron chi connectivity index (χ1n) is 14.0. The number of hydrogen-bond acceptors (Lipinski definition) is 10. The van der Waals surface area contributed by atoms with Gasteiger partial charge in [0.05, 0.1) is 32.8 Å². The standard InChI is InChI=1S/C14H17F3O3S.C7H4ClF3O2S.C6H13NO.CH2O3.2K.H/c15-14(16,17)11-6-2-4-8-13(11)21(19,20)12-7-3-1-5-10(12)9-18;8-14(12,13)6-4-2-1-3-5(6)7(9,10)11;8-5-6-3-1-2-4-7-6;2-1-4-3;;;/h2,4,6,8,10,12,18H,1,3,5,7,9H2;1-4H;6-8H,1-5H2;1,3H;;;/q;;;;2*+1;-1/p-1. The number of rotatable bonds is 6. The second kappa shape index (κ2) is 25.0. The molecule has 3 N–H and O–H groups in total. The molecule has 0 aromatic heterocycles. The van der Waals surface area contributed by atoms with Crippen LogP contribution in [0.2, 0.25) is 0 Å². The van der Waals surface area contributed by atoms with E-state index in [2.05, 4.69) is 10.2 Å². The van der Waals surface area contributed by atoms with Crippen LogP contribution in [0.25, 0.3) is 0 Å². The Bertz CT molecular complexity index is 1470. The molecule has 270 valence electrons. The fraction of sp³-hybridized carbons (Fsp3) is 0.536. The molecule has 1 saturated heterocycles. The van der Waals surface area contributed by atoms with Crippen LogP contribution in [-0.2, 0) is 40.9 Å². The zero-order chi connectivity index (χ0) is 35.9. The predicted octanol–water partition coefficient (Wildman–Crippen LogP) is -1.66. The van der Waals surface area contributed by atoms with Crippen molar-refractivity contribution in [3.8, 4) is 0 Å². The summed E-state index contributed by atoms with van der Waals surface area (Å²) in [6.45, 7) is 0.892. The summed E-state index contributed by atoms with van der Waals surface area (Å²) in [5, 5.41) is 28.6. The van der Waals surface area contributed by atoms with E-state index in [0.717, 1.165) is 43.7 Å². The molecule has 2 aromatic rings. The Kier molecular flexibility index (Phi) is 26.5. The Morgan fingerprint density at radius 2 is 1.27 bits per heavy atom. The molecule has 1 aliphatic heterocycles.